The number of nitrogens with zero attached hydrogens (tertiary/aromatic N) is 2. The minimum atomic E-state index is 1.00. The normalized spacial score (nSPS) is 12.3. The molecule has 0 fully saturated rings. The number of fused-ring (bicyclic) bond motifs is 13. The third kappa shape index (κ3) is 3.51. The van der Waals surface area contributed by atoms with Crippen LogP contribution in [0.1, 0.15) is 0 Å². The number of thiazole rings is 1. The van der Waals surface area contributed by atoms with Gasteiger partial charge in [-0.3, -0.25) is 4.57 Å². The summed E-state index contributed by atoms with van der Waals surface area (Å²) >= 11 is 3.66. The summed E-state index contributed by atoms with van der Waals surface area (Å²) in [7, 11) is 0. The lowest BCUT2D eigenvalue weighted by Gasteiger charge is -2.12. The quantitative estimate of drug-likeness (QED) is 0.173. The van der Waals surface area contributed by atoms with Crippen molar-refractivity contribution in [3.63, 3.8) is 0 Å². The van der Waals surface area contributed by atoms with Crippen LogP contribution < -0.4 is 0 Å². The Kier molecular flexibility index (Phi) is 5.17. The maximum Gasteiger partial charge on any atom is 0.195 e. The molecule has 0 amide bonds. The summed E-state index contributed by atoms with van der Waals surface area (Å²) in [6.07, 6.45) is 0. The van der Waals surface area contributed by atoms with Crippen molar-refractivity contribution >= 4 is 107 Å². The number of aromatic nitrogens is 2. The van der Waals surface area contributed by atoms with Gasteiger partial charge in [0, 0.05) is 36.5 Å². The maximum atomic E-state index is 5.47. The monoisotopic (exact) mass is 632 g/mol. The molecule has 0 spiro atoms. The summed E-state index contributed by atoms with van der Waals surface area (Å²) in [6, 6.07) is 53.2. The summed E-state index contributed by atoms with van der Waals surface area (Å²) in [4.78, 5) is 5.47. The van der Waals surface area contributed by atoms with Gasteiger partial charge in [-0.1, -0.05) is 127 Å². The van der Waals surface area contributed by atoms with E-state index in [0.717, 1.165) is 10.6 Å². The van der Waals surface area contributed by atoms with Crippen LogP contribution >= 0.6 is 22.7 Å². The van der Waals surface area contributed by atoms with Gasteiger partial charge in [-0.25, -0.2) is 4.98 Å². The molecule has 8 aromatic carbocycles. The van der Waals surface area contributed by atoms with Crippen molar-refractivity contribution in [3.05, 3.63) is 146 Å². The Bertz CT molecular complexity index is 3080. The van der Waals surface area contributed by atoms with E-state index >= 15 is 0 Å². The van der Waals surface area contributed by atoms with Gasteiger partial charge in [-0.05, 0) is 68.2 Å². The zero-order valence-electron chi connectivity index (χ0n) is 25.1. The molecule has 0 aliphatic heterocycles. The molecule has 0 atom stereocenters. The van der Waals surface area contributed by atoms with Gasteiger partial charge in [-0.2, -0.15) is 0 Å². The first-order valence-electron chi connectivity index (χ1n) is 15.9. The number of benzene rings is 8. The van der Waals surface area contributed by atoms with Gasteiger partial charge in [0.15, 0.2) is 5.13 Å². The Hall–Kier alpha value is -5.55. The smallest absolute Gasteiger partial charge is 0.195 e. The lowest BCUT2D eigenvalue weighted by molar-refractivity contribution is 1.15. The Morgan fingerprint density at radius 1 is 0.426 bits per heavy atom. The van der Waals surface area contributed by atoms with E-state index < -0.39 is 0 Å². The molecule has 3 aromatic heterocycles. The number of thiophene rings is 1. The standard InChI is InChI=1S/C43H24N2S2/c1-4-13-28-25(10-1)20-21-36-39(28)32-16-7-8-19-35(32)45(36)43-44-41-38(47-43)23-22-37-40(41)33-18-9-17-31(42(33)46-37)34-24-26-11-2-3-12-27(26)29-14-5-6-15-30(29)34/h1-24H. The maximum absolute atomic E-state index is 5.47. The molecular formula is C43H24N2S2. The van der Waals surface area contributed by atoms with Crippen LogP contribution in [0.4, 0.5) is 0 Å². The van der Waals surface area contributed by atoms with E-state index in [1.54, 1.807) is 11.3 Å². The molecule has 0 saturated heterocycles. The second-order valence-electron chi connectivity index (χ2n) is 12.3. The van der Waals surface area contributed by atoms with E-state index in [1.807, 2.05) is 11.3 Å². The Morgan fingerprint density at radius 3 is 2.02 bits per heavy atom. The summed E-state index contributed by atoms with van der Waals surface area (Å²) in [5.74, 6) is 0. The molecule has 218 valence electrons. The fourth-order valence-electron chi connectivity index (χ4n) is 7.79. The molecule has 0 aliphatic rings. The molecule has 2 nitrogen and oxygen atoms in total. The highest BCUT2D eigenvalue weighted by molar-refractivity contribution is 7.27. The number of hydrogen-bond donors (Lipinski definition) is 0. The Balaban J connectivity index is 1.19. The first-order valence-corrected chi connectivity index (χ1v) is 17.5. The topological polar surface area (TPSA) is 17.8 Å². The highest BCUT2D eigenvalue weighted by Gasteiger charge is 2.20. The highest BCUT2D eigenvalue weighted by atomic mass is 32.1. The van der Waals surface area contributed by atoms with Crippen LogP contribution in [0.3, 0.4) is 0 Å². The first kappa shape index (κ1) is 25.6. The molecule has 11 rings (SSSR count). The van der Waals surface area contributed by atoms with Gasteiger partial charge < -0.3 is 0 Å². The van der Waals surface area contributed by atoms with E-state index in [9.17, 15) is 0 Å². The number of para-hydroxylation sites is 1. The molecule has 0 unspecified atom stereocenters. The molecule has 0 bridgehead atoms. The van der Waals surface area contributed by atoms with E-state index in [0.29, 0.717) is 0 Å². The van der Waals surface area contributed by atoms with Crippen LogP contribution in [-0.4, -0.2) is 9.55 Å². The largest absolute Gasteiger partial charge is 0.285 e. The van der Waals surface area contributed by atoms with E-state index in [1.165, 1.54) is 90.1 Å². The van der Waals surface area contributed by atoms with Crippen molar-refractivity contribution in [1.29, 1.82) is 0 Å². The summed E-state index contributed by atoms with van der Waals surface area (Å²) < 4.78 is 6.17. The number of hydrogen-bond acceptors (Lipinski definition) is 3. The van der Waals surface area contributed by atoms with Gasteiger partial charge in [-0.15, -0.1) is 11.3 Å². The summed E-state index contributed by atoms with van der Waals surface area (Å²) in [5, 5.41) is 13.8. The average Bonchev–Trinajstić information content (AvgIpc) is 3.82. The third-order valence-electron chi connectivity index (χ3n) is 9.82. The molecule has 0 saturated carbocycles. The van der Waals surface area contributed by atoms with Crippen LogP contribution in [0.15, 0.2) is 146 Å². The van der Waals surface area contributed by atoms with Crippen molar-refractivity contribution in [3.8, 4) is 16.3 Å². The molecule has 4 heteroatoms. The minimum Gasteiger partial charge on any atom is -0.285 e. The third-order valence-corrected chi connectivity index (χ3v) is 12.0. The fraction of sp³-hybridized carbons (Fsp3) is 0. The van der Waals surface area contributed by atoms with Crippen molar-refractivity contribution in [2.45, 2.75) is 0 Å². The van der Waals surface area contributed by atoms with Crippen LogP contribution in [0.2, 0.25) is 0 Å². The average molecular weight is 633 g/mol. The van der Waals surface area contributed by atoms with E-state index in [-0.39, 0.29) is 0 Å². The molecule has 3 heterocycles. The van der Waals surface area contributed by atoms with Gasteiger partial charge in [0.25, 0.3) is 0 Å². The number of rotatable bonds is 2. The summed E-state index contributed by atoms with van der Waals surface area (Å²) in [6.45, 7) is 0. The molecule has 0 N–H and O–H groups in total. The zero-order valence-corrected chi connectivity index (χ0v) is 26.7. The molecular weight excluding hydrogens is 609 g/mol. The van der Waals surface area contributed by atoms with Crippen LogP contribution in [-0.2, 0) is 0 Å². The van der Waals surface area contributed by atoms with E-state index in [4.69, 9.17) is 4.98 Å². The molecule has 0 radical (unpaired) electrons. The van der Waals surface area contributed by atoms with Crippen LogP contribution in [0, 0.1) is 0 Å². The minimum absolute atomic E-state index is 1.00. The van der Waals surface area contributed by atoms with Gasteiger partial charge in [0.05, 0.1) is 21.3 Å². The predicted molar refractivity (Wildman–Crippen MR) is 205 cm³/mol. The second kappa shape index (κ2) is 9.49. The predicted octanol–water partition coefficient (Wildman–Crippen LogP) is 12.9. The van der Waals surface area contributed by atoms with Crippen LogP contribution in [0.25, 0.3) is 101 Å². The van der Waals surface area contributed by atoms with Crippen molar-refractivity contribution < 1.29 is 0 Å². The highest BCUT2D eigenvalue weighted by Crippen LogP contribution is 2.46. The Labute approximate surface area is 277 Å². The second-order valence-corrected chi connectivity index (χ2v) is 14.4. The van der Waals surface area contributed by atoms with Crippen molar-refractivity contribution in [2.24, 2.45) is 0 Å². The SMILES string of the molecule is c1ccc2c(c1)cc(-c1cccc3c1sc1ccc4sc(-n5c6ccccc6c6c7ccccc7ccc65)nc4c13)c1ccccc12. The molecule has 0 aliphatic carbocycles. The molecule has 47 heavy (non-hydrogen) atoms. The summed E-state index contributed by atoms with van der Waals surface area (Å²) in [5.41, 5.74) is 6.03. The zero-order chi connectivity index (χ0) is 30.6. The van der Waals surface area contributed by atoms with Crippen LogP contribution in [0.5, 0.6) is 0 Å². The van der Waals surface area contributed by atoms with Crippen molar-refractivity contribution in [1.82, 2.24) is 9.55 Å². The lowest BCUT2D eigenvalue weighted by Crippen LogP contribution is -1.92. The van der Waals surface area contributed by atoms with Gasteiger partial charge >= 0.3 is 0 Å². The molecule has 11 aromatic rings. The first-order chi connectivity index (χ1) is 23.3. The van der Waals surface area contributed by atoms with Gasteiger partial charge in [0.2, 0.25) is 0 Å². The van der Waals surface area contributed by atoms with Gasteiger partial charge in [0.1, 0.15) is 0 Å². The fourth-order valence-corrected chi connectivity index (χ4v) is 10.0. The Morgan fingerprint density at radius 2 is 1.13 bits per heavy atom. The van der Waals surface area contributed by atoms with E-state index in [2.05, 4.69) is 150 Å². The van der Waals surface area contributed by atoms with Crippen molar-refractivity contribution in [2.75, 3.05) is 0 Å². The lowest BCUT2D eigenvalue weighted by atomic mass is 9.92.